The first kappa shape index (κ1) is 18.4. The minimum absolute atomic E-state index is 0.00462. The van der Waals surface area contributed by atoms with Gasteiger partial charge in [-0.15, -0.1) is 0 Å². The second-order valence-corrected chi connectivity index (χ2v) is 7.07. The molecule has 1 aliphatic heterocycles. The Morgan fingerprint density at radius 2 is 1.96 bits per heavy atom. The molecule has 0 N–H and O–H groups in total. The average molecular weight is 375 g/mol. The molecule has 0 radical (unpaired) electrons. The standard InChI is InChI=1S/C23H22FN3O/c1-2-26-12-4-3-8-21-20(16-26)23(28)27-13-11-18(15-22(27)25-21)10-9-17-6-5-7-19(24)14-17/h5-7,11,13-15H,2-4,8,12,16H2,1H3. The van der Waals surface area contributed by atoms with E-state index in [1.807, 2.05) is 6.07 Å². The fourth-order valence-corrected chi connectivity index (χ4v) is 3.57. The Hall–Kier alpha value is -2.97. The number of rotatable bonds is 1. The van der Waals surface area contributed by atoms with Crippen LogP contribution in [0.15, 0.2) is 47.4 Å². The van der Waals surface area contributed by atoms with Crippen LogP contribution < -0.4 is 5.56 Å². The summed E-state index contributed by atoms with van der Waals surface area (Å²) in [7, 11) is 0. The molecule has 0 bridgehead atoms. The predicted octanol–water partition coefficient (Wildman–Crippen LogP) is 3.39. The summed E-state index contributed by atoms with van der Waals surface area (Å²) in [5.74, 6) is 5.69. The number of halogens is 1. The molecule has 4 nitrogen and oxygen atoms in total. The Bertz CT molecular complexity index is 1140. The van der Waals surface area contributed by atoms with Gasteiger partial charge < -0.3 is 0 Å². The molecule has 4 rings (SSSR count). The molecule has 0 amide bonds. The van der Waals surface area contributed by atoms with E-state index < -0.39 is 0 Å². The van der Waals surface area contributed by atoms with E-state index in [1.165, 1.54) is 12.1 Å². The lowest BCUT2D eigenvalue weighted by molar-refractivity contribution is 0.265. The maximum atomic E-state index is 13.3. The van der Waals surface area contributed by atoms with Gasteiger partial charge in [0.15, 0.2) is 0 Å². The van der Waals surface area contributed by atoms with E-state index in [0.717, 1.165) is 49.2 Å². The van der Waals surface area contributed by atoms with E-state index in [-0.39, 0.29) is 11.4 Å². The van der Waals surface area contributed by atoms with Gasteiger partial charge in [-0.25, -0.2) is 9.37 Å². The predicted molar refractivity (Wildman–Crippen MR) is 108 cm³/mol. The smallest absolute Gasteiger partial charge is 0.262 e. The fraction of sp³-hybridized carbons (Fsp3) is 0.304. The molecule has 142 valence electrons. The Morgan fingerprint density at radius 1 is 1.14 bits per heavy atom. The first-order valence-corrected chi connectivity index (χ1v) is 9.68. The van der Waals surface area contributed by atoms with Crippen molar-refractivity contribution in [2.24, 2.45) is 0 Å². The van der Waals surface area contributed by atoms with Crippen molar-refractivity contribution < 1.29 is 4.39 Å². The molecule has 0 saturated heterocycles. The van der Waals surface area contributed by atoms with Crippen LogP contribution in [0.2, 0.25) is 0 Å². The maximum absolute atomic E-state index is 13.3. The Labute approximate surface area is 163 Å². The Balaban J connectivity index is 1.75. The number of hydrogen-bond donors (Lipinski definition) is 0. The van der Waals surface area contributed by atoms with Gasteiger partial charge in [0.25, 0.3) is 5.56 Å². The van der Waals surface area contributed by atoms with Crippen molar-refractivity contribution in [1.82, 2.24) is 14.3 Å². The van der Waals surface area contributed by atoms with Crippen LogP contribution in [0.3, 0.4) is 0 Å². The van der Waals surface area contributed by atoms with Gasteiger partial charge >= 0.3 is 0 Å². The van der Waals surface area contributed by atoms with Crippen molar-refractivity contribution in [2.45, 2.75) is 32.7 Å². The number of pyridine rings is 1. The summed E-state index contributed by atoms with van der Waals surface area (Å²) in [5.41, 5.74) is 3.68. The van der Waals surface area contributed by atoms with Crippen molar-refractivity contribution in [3.05, 3.63) is 81.2 Å². The molecule has 0 atom stereocenters. The SMILES string of the molecule is CCN1CCCCc2nc3cc(C#Cc4cccc(F)c4)ccn3c(=O)c2C1. The third kappa shape index (κ3) is 3.83. The highest BCUT2D eigenvalue weighted by Gasteiger charge is 2.18. The van der Waals surface area contributed by atoms with Gasteiger partial charge in [0.1, 0.15) is 11.5 Å². The molecule has 5 heteroatoms. The zero-order valence-electron chi connectivity index (χ0n) is 15.9. The summed E-state index contributed by atoms with van der Waals surface area (Å²) < 4.78 is 14.9. The molecule has 1 aliphatic rings. The highest BCUT2D eigenvalue weighted by atomic mass is 19.1. The van der Waals surface area contributed by atoms with Crippen LogP contribution >= 0.6 is 0 Å². The number of nitrogens with zero attached hydrogens (tertiary/aromatic N) is 3. The molecule has 1 aromatic carbocycles. The molecule has 3 aromatic rings. The number of fused-ring (bicyclic) bond motifs is 2. The zero-order valence-corrected chi connectivity index (χ0v) is 15.9. The summed E-state index contributed by atoms with van der Waals surface area (Å²) in [6.07, 6.45) is 4.71. The first-order chi connectivity index (χ1) is 13.6. The van der Waals surface area contributed by atoms with E-state index in [2.05, 4.69) is 23.7 Å². The lowest BCUT2D eigenvalue weighted by Gasteiger charge is -2.24. The fourth-order valence-electron chi connectivity index (χ4n) is 3.57. The van der Waals surface area contributed by atoms with E-state index in [4.69, 9.17) is 4.98 Å². The molecule has 3 heterocycles. The molecule has 28 heavy (non-hydrogen) atoms. The van der Waals surface area contributed by atoms with Crippen LogP contribution in [0.5, 0.6) is 0 Å². The maximum Gasteiger partial charge on any atom is 0.262 e. The quantitative estimate of drug-likeness (QED) is 0.612. The van der Waals surface area contributed by atoms with E-state index in [1.54, 1.807) is 28.8 Å². The topological polar surface area (TPSA) is 37.6 Å². The van der Waals surface area contributed by atoms with Gasteiger partial charge in [0.2, 0.25) is 0 Å². The third-order valence-electron chi connectivity index (χ3n) is 5.15. The number of aromatic nitrogens is 2. The average Bonchev–Trinajstić information content (AvgIpc) is 2.68. The lowest BCUT2D eigenvalue weighted by atomic mass is 10.1. The summed E-state index contributed by atoms with van der Waals surface area (Å²) in [4.78, 5) is 20.1. The number of benzene rings is 1. The summed E-state index contributed by atoms with van der Waals surface area (Å²) >= 11 is 0. The van der Waals surface area contributed by atoms with Gasteiger partial charge in [-0.3, -0.25) is 14.1 Å². The van der Waals surface area contributed by atoms with Crippen LogP contribution in [-0.2, 0) is 13.0 Å². The van der Waals surface area contributed by atoms with Gasteiger partial charge in [-0.05, 0) is 62.7 Å². The van der Waals surface area contributed by atoms with Crippen molar-refractivity contribution in [3.63, 3.8) is 0 Å². The summed E-state index contributed by atoms with van der Waals surface area (Å²) in [5, 5.41) is 0. The van der Waals surface area contributed by atoms with Gasteiger partial charge in [-0.2, -0.15) is 0 Å². The Kier molecular flexibility index (Phi) is 5.23. The molecular formula is C23H22FN3O. The largest absolute Gasteiger partial charge is 0.299 e. The van der Waals surface area contributed by atoms with Crippen molar-refractivity contribution in [2.75, 3.05) is 13.1 Å². The van der Waals surface area contributed by atoms with Gasteiger partial charge in [0, 0.05) is 23.9 Å². The van der Waals surface area contributed by atoms with Crippen molar-refractivity contribution in [1.29, 1.82) is 0 Å². The van der Waals surface area contributed by atoms with E-state index in [0.29, 0.717) is 17.8 Å². The summed E-state index contributed by atoms with van der Waals surface area (Å²) in [6.45, 7) is 4.72. The molecular weight excluding hydrogens is 353 g/mol. The normalized spacial score (nSPS) is 14.6. The van der Waals surface area contributed by atoms with Crippen molar-refractivity contribution in [3.8, 4) is 11.8 Å². The highest BCUT2D eigenvalue weighted by Crippen LogP contribution is 2.15. The van der Waals surface area contributed by atoms with E-state index in [9.17, 15) is 9.18 Å². The van der Waals surface area contributed by atoms with Crippen LogP contribution in [-0.4, -0.2) is 27.4 Å². The molecule has 0 saturated carbocycles. The number of hydrogen-bond acceptors (Lipinski definition) is 3. The minimum atomic E-state index is -0.307. The van der Waals surface area contributed by atoms with Crippen LogP contribution in [0.25, 0.3) is 5.65 Å². The second-order valence-electron chi connectivity index (χ2n) is 7.07. The molecule has 0 spiro atoms. The van der Waals surface area contributed by atoms with Gasteiger partial charge in [0.05, 0.1) is 11.3 Å². The highest BCUT2D eigenvalue weighted by molar-refractivity contribution is 5.50. The number of aryl methyl sites for hydroxylation is 1. The second kappa shape index (κ2) is 7.95. The minimum Gasteiger partial charge on any atom is -0.299 e. The van der Waals surface area contributed by atoms with Crippen LogP contribution in [0, 0.1) is 17.7 Å². The van der Waals surface area contributed by atoms with Crippen LogP contribution in [0.4, 0.5) is 4.39 Å². The van der Waals surface area contributed by atoms with Crippen LogP contribution in [0.1, 0.15) is 42.1 Å². The van der Waals surface area contributed by atoms with Crippen molar-refractivity contribution >= 4 is 5.65 Å². The monoisotopic (exact) mass is 375 g/mol. The summed E-state index contributed by atoms with van der Waals surface area (Å²) in [6, 6.07) is 9.82. The molecule has 2 aromatic heterocycles. The zero-order chi connectivity index (χ0) is 19.5. The lowest BCUT2D eigenvalue weighted by Crippen LogP contribution is -2.32. The van der Waals surface area contributed by atoms with Gasteiger partial charge in [-0.1, -0.05) is 24.8 Å². The molecule has 0 aliphatic carbocycles. The molecule has 0 fully saturated rings. The first-order valence-electron chi connectivity index (χ1n) is 9.68. The van der Waals surface area contributed by atoms with E-state index >= 15 is 0 Å². The third-order valence-corrected chi connectivity index (χ3v) is 5.15. The Morgan fingerprint density at radius 3 is 2.75 bits per heavy atom. The molecule has 0 unspecified atom stereocenters.